The zero-order valence-electron chi connectivity index (χ0n) is 12.7. The van der Waals surface area contributed by atoms with Gasteiger partial charge in [0.25, 0.3) is 0 Å². The fraction of sp³-hybridized carbons (Fsp3) is 0.533. The summed E-state index contributed by atoms with van der Waals surface area (Å²) in [5, 5.41) is 3.36. The van der Waals surface area contributed by atoms with Gasteiger partial charge in [-0.1, -0.05) is 6.92 Å². The maximum atomic E-state index is 11.5. The molecule has 0 fully saturated rings. The molecule has 1 aromatic carbocycles. The molecule has 0 unspecified atom stereocenters. The van der Waals surface area contributed by atoms with E-state index in [2.05, 4.69) is 44.1 Å². The van der Waals surface area contributed by atoms with E-state index in [1.54, 1.807) is 19.0 Å². The summed E-state index contributed by atoms with van der Waals surface area (Å²) in [6.07, 6.45) is 1.48. The van der Waals surface area contributed by atoms with Crippen molar-refractivity contribution in [2.24, 2.45) is 0 Å². The van der Waals surface area contributed by atoms with E-state index in [0.29, 0.717) is 13.0 Å². The number of hydrogen-bond acceptors (Lipinski definition) is 3. The molecule has 0 radical (unpaired) electrons. The van der Waals surface area contributed by atoms with E-state index >= 15 is 0 Å². The Balaban J connectivity index is 2.61. The second kappa shape index (κ2) is 9.43. The van der Waals surface area contributed by atoms with Crippen LogP contribution in [0.3, 0.4) is 0 Å². The first-order valence-corrected chi connectivity index (χ1v) is 8.55. The van der Waals surface area contributed by atoms with Gasteiger partial charge in [-0.25, -0.2) is 0 Å². The third-order valence-corrected chi connectivity index (χ3v) is 4.05. The normalized spacial score (nSPS) is 10.5. The predicted octanol–water partition coefficient (Wildman–Crippen LogP) is 3.57. The van der Waals surface area contributed by atoms with Crippen LogP contribution in [0.15, 0.2) is 21.1 Å². The molecule has 1 N–H and O–H groups in total. The van der Waals surface area contributed by atoms with Crippen LogP contribution in [0.5, 0.6) is 5.75 Å². The standard InChI is InChI=1S/C15H22Br2N2O2/c1-4-6-18-10-11-8-12(16)15(13(17)9-11)21-7-5-14(20)19(2)3/h8-9,18H,4-7,10H2,1-3H3. The van der Waals surface area contributed by atoms with E-state index in [4.69, 9.17) is 4.74 Å². The number of halogens is 2. The average Bonchev–Trinajstić information content (AvgIpc) is 2.41. The molecule has 0 atom stereocenters. The number of hydrogen-bond donors (Lipinski definition) is 1. The maximum absolute atomic E-state index is 11.5. The lowest BCUT2D eigenvalue weighted by Gasteiger charge is -2.14. The molecule has 1 rings (SSSR count). The van der Waals surface area contributed by atoms with Crippen molar-refractivity contribution in [3.63, 3.8) is 0 Å². The van der Waals surface area contributed by atoms with Crippen LogP contribution in [0, 0.1) is 0 Å². The minimum atomic E-state index is 0.0580. The van der Waals surface area contributed by atoms with E-state index in [0.717, 1.165) is 34.2 Å². The Hall–Kier alpha value is -0.590. The van der Waals surface area contributed by atoms with Crippen molar-refractivity contribution >= 4 is 37.8 Å². The number of carbonyl (C=O) groups excluding carboxylic acids is 1. The molecule has 0 aliphatic carbocycles. The average molecular weight is 422 g/mol. The van der Waals surface area contributed by atoms with Crippen LogP contribution >= 0.6 is 31.9 Å². The van der Waals surface area contributed by atoms with Crippen molar-refractivity contribution in [3.8, 4) is 5.75 Å². The van der Waals surface area contributed by atoms with Gasteiger partial charge in [-0.15, -0.1) is 0 Å². The van der Waals surface area contributed by atoms with Gasteiger partial charge in [0.05, 0.1) is 22.0 Å². The van der Waals surface area contributed by atoms with Gasteiger partial charge in [-0.05, 0) is 62.5 Å². The van der Waals surface area contributed by atoms with E-state index in [1.807, 2.05) is 12.1 Å². The highest BCUT2D eigenvalue weighted by Gasteiger charge is 2.10. The molecule has 6 heteroatoms. The Bertz CT molecular complexity index is 456. The van der Waals surface area contributed by atoms with Crippen LogP contribution in [-0.4, -0.2) is 38.1 Å². The Kier molecular flexibility index (Phi) is 8.29. The minimum absolute atomic E-state index is 0.0580. The lowest BCUT2D eigenvalue weighted by atomic mass is 10.2. The summed E-state index contributed by atoms with van der Waals surface area (Å²) in [6, 6.07) is 4.08. The van der Waals surface area contributed by atoms with Crippen LogP contribution in [-0.2, 0) is 11.3 Å². The lowest BCUT2D eigenvalue weighted by molar-refractivity contribution is -0.129. The molecule has 1 aromatic rings. The largest absolute Gasteiger partial charge is 0.491 e. The summed E-state index contributed by atoms with van der Waals surface area (Å²) in [4.78, 5) is 13.1. The number of ether oxygens (including phenoxy) is 1. The molecule has 0 bridgehead atoms. The number of carbonyl (C=O) groups is 1. The van der Waals surface area contributed by atoms with Gasteiger partial charge in [0.15, 0.2) is 0 Å². The first-order chi connectivity index (χ1) is 9.95. The third kappa shape index (κ3) is 6.36. The van der Waals surface area contributed by atoms with Crippen LogP contribution in [0.1, 0.15) is 25.3 Å². The number of amides is 1. The summed E-state index contributed by atoms with van der Waals surface area (Å²) in [7, 11) is 3.48. The maximum Gasteiger partial charge on any atom is 0.225 e. The van der Waals surface area contributed by atoms with E-state index in [9.17, 15) is 4.79 Å². The lowest BCUT2D eigenvalue weighted by Crippen LogP contribution is -2.23. The molecule has 0 heterocycles. The quantitative estimate of drug-likeness (QED) is 0.652. The molecule has 21 heavy (non-hydrogen) atoms. The third-order valence-electron chi connectivity index (χ3n) is 2.88. The van der Waals surface area contributed by atoms with Crippen molar-refractivity contribution in [1.29, 1.82) is 0 Å². The van der Waals surface area contributed by atoms with Crippen molar-refractivity contribution in [2.45, 2.75) is 26.3 Å². The Labute approximate surface area is 143 Å². The topological polar surface area (TPSA) is 41.6 Å². The molecule has 1 amide bonds. The van der Waals surface area contributed by atoms with Crippen LogP contribution < -0.4 is 10.1 Å². The number of benzene rings is 1. The first kappa shape index (κ1) is 18.5. The second-order valence-electron chi connectivity index (χ2n) is 4.95. The van der Waals surface area contributed by atoms with E-state index in [-0.39, 0.29) is 5.91 Å². The molecule has 0 aliphatic heterocycles. The second-order valence-corrected chi connectivity index (χ2v) is 6.66. The zero-order valence-corrected chi connectivity index (χ0v) is 15.9. The Morgan fingerprint density at radius 1 is 1.29 bits per heavy atom. The minimum Gasteiger partial charge on any atom is -0.491 e. The molecule has 118 valence electrons. The van der Waals surface area contributed by atoms with Gasteiger partial charge in [0.1, 0.15) is 5.75 Å². The summed E-state index contributed by atoms with van der Waals surface area (Å²) in [6.45, 7) is 4.33. The molecule has 4 nitrogen and oxygen atoms in total. The first-order valence-electron chi connectivity index (χ1n) is 6.97. The summed E-state index contributed by atoms with van der Waals surface area (Å²) in [5.74, 6) is 0.795. The van der Waals surface area contributed by atoms with Crippen LogP contribution in [0.2, 0.25) is 0 Å². The highest BCUT2D eigenvalue weighted by molar-refractivity contribution is 9.11. The van der Waals surface area contributed by atoms with Crippen molar-refractivity contribution in [2.75, 3.05) is 27.2 Å². The molecule has 0 aliphatic rings. The fourth-order valence-corrected chi connectivity index (χ4v) is 3.24. The number of nitrogens with one attached hydrogen (secondary N) is 1. The highest BCUT2D eigenvalue weighted by Crippen LogP contribution is 2.34. The van der Waals surface area contributed by atoms with Crippen molar-refractivity contribution in [1.82, 2.24) is 10.2 Å². The molecule has 0 saturated heterocycles. The summed E-state index contributed by atoms with van der Waals surface area (Å²) in [5.41, 5.74) is 1.18. The molecule has 0 spiro atoms. The monoisotopic (exact) mass is 420 g/mol. The van der Waals surface area contributed by atoms with Gasteiger partial charge in [-0.3, -0.25) is 4.79 Å². The predicted molar refractivity (Wildman–Crippen MR) is 92.6 cm³/mol. The molecular weight excluding hydrogens is 400 g/mol. The summed E-state index contributed by atoms with van der Waals surface area (Å²) < 4.78 is 7.49. The SMILES string of the molecule is CCCNCc1cc(Br)c(OCCC(=O)N(C)C)c(Br)c1. The van der Waals surface area contributed by atoms with E-state index in [1.165, 1.54) is 5.56 Å². The van der Waals surface area contributed by atoms with Gasteiger partial charge in [0.2, 0.25) is 5.91 Å². The zero-order chi connectivity index (χ0) is 15.8. The highest BCUT2D eigenvalue weighted by atomic mass is 79.9. The van der Waals surface area contributed by atoms with Crippen molar-refractivity contribution < 1.29 is 9.53 Å². The molecule has 0 saturated carbocycles. The van der Waals surface area contributed by atoms with Crippen LogP contribution in [0.25, 0.3) is 0 Å². The number of nitrogens with zero attached hydrogens (tertiary/aromatic N) is 1. The number of rotatable bonds is 8. The van der Waals surface area contributed by atoms with Gasteiger partial charge < -0.3 is 15.0 Å². The van der Waals surface area contributed by atoms with Gasteiger partial charge in [-0.2, -0.15) is 0 Å². The molecule has 0 aromatic heterocycles. The Morgan fingerprint density at radius 3 is 2.43 bits per heavy atom. The van der Waals surface area contributed by atoms with E-state index < -0.39 is 0 Å². The Morgan fingerprint density at radius 2 is 1.90 bits per heavy atom. The summed E-state index contributed by atoms with van der Waals surface area (Å²) >= 11 is 7.05. The van der Waals surface area contributed by atoms with Crippen molar-refractivity contribution in [3.05, 3.63) is 26.6 Å². The molecular formula is C15H22Br2N2O2. The van der Waals surface area contributed by atoms with Gasteiger partial charge >= 0.3 is 0 Å². The van der Waals surface area contributed by atoms with Crippen LogP contribution in [0.4, 0.5) is 0 Å². The van der Waals surface area contributed by atoms with Gasteiger partial charge in [0, 0.05) is 20.6 Å². The fourth-order valence-electron chi connectivity index (χ4n) is 1.73. The smallest absolute Gasteiger partial charge is 0.225 e.